The molecule has 0 aliphatic rings. The molecule has 0 aromatic carbocycles. The molecule has 0 bridgehead atoms. The van der Waals surface area contributed by atoms with Crippen molar-refractivity contribution in [3.63, 3.8) is 0 Å². The maximum absolute atomic E-state index is 10.8. The first-order chi connectivity index (χ1) is 7.54. The van der Waals surface area contributed by atoms with Crippen molar-refractivity contribution in [1.29, 1.82) is 0 Å². The molecule has 0 radical (unpaired) electrons. The van der Waals surface area contributed by atoms with Gasteiger partial charge in [-0.05, 0) is 25.5 Å². The van der Waals surface area contributed by atoms with Gasteiger partial charge in [0, 0.05) is 0 Å². The van der Waals surface area contributed by atoms with Crippen LogP contribution in [0.25, 0.3) is 0 Å². The van der Waals surface area contributed by atoms with Crippen molar-refractivity contribution in [3.05, 3.63) is 23.2 Å². The number of hydrogen-bond acceptors (Lipinski definition) is 3. The molecule has 0 aliphatic carbocycles. The fourth-order valence-electron chi connectivity index (χ4n) is 1.43. The number of hydrogen-bond donors (Lipinski definition) is 2. The van der Waals surface area contributed by atoms with Gasteiger partial charge in [-0.15, -0.1) is 0 Å². The summed E-state index contributed by atoms with van der Waals surface area (Å²) < 4.78 is 5.35. The summed E-state index contributed by atoms with van der Waals surface area (Å²) in [5, 5.41) is 12.1. The largest absolute Gasteiger partial charge is 0.478 e. The lowest BCUT2D eigenvalue weighted by atomic mass is 10.1. The van der Waals surface area contributed by atoms with Crippen LogP contribution in [0, 0.1) is 12.8 Å². The molecule has 1 heterocycles. The Morgan fingerprint density at radius 3 is 2.81 bits per heavy atom. The molecule has 0 spiro atoms. The number of carbonyl (C=O) groups is 1. The maximum atomic E-state index is 10.8. The molecule has 16 heavy (non-hydrogen) atoms. The highest BCUT2D eigenvalue weighted by Gasteiger charge is 2.13. The molecule has 90 valence electrons. The first-order valence-electron chi connectivity index (χ1n) is 5.57. The van der Waals surface area contributed by atoms with Crippen molar-refractivity contribution >= 4 is 5.97 Å². The lowest BCUT2D eigenvalue weighted by Gasteiger charge is -2.08. The molecule has 2 N–H and O–H groups in total. The summed E-state index contributed by atoms with van der Waals surface area (Å²) in [6, 6.07) is 1.58. The predicted molar refractivity (Wildman–Crippen MR) is 61.6 cm³/mol. The van der Waals surface area contributed by atoms with Crippen molar-refractivity contribution in [1.82, 2.24) is 5.32 Å². The Balaban J connectivity index is 2.49. The van der Waals surface area contributed by atoms with Crippen LogP contribution in [-0.4, -0.2) is 17.6 Å². The summed E-state index contributed by atoms with van der Waals surface area (Å²) in [6.45, 7) is 7.48. The number of carboxylic acids is 1. The predicted octanol–water partition coefficient (Wildman–Crippen LogP) is 2.42. The monoisotopic (exact) mass is 225 g/mol. The number of carboxylic acid groups (broad SMARTS) is 1. The van der Waals surface area contributed by atoms with Gasteiger partial charge >= 0.3 is 5.97 Å². The van der Waals surface area contributed by atoms with Crippen LogP contribution in [-0.2, 0) is 6.54 Å². The van der Waals surface area contributed by atoms with Gasteiger partial charge in [0.2, 0.25) is 0 Å². The van der Waals surface area contributed by atoms with Crippen LogP contribution in [0.3, 0.4) is 0 Å². The highest BCUT2D eigenvalue weighted by molar-refractivity contribution is 5.88. The standard InChI is InChI=1S/C12H19NO3/c1-4-8(2)6-13-7-10-5-11(12(14)15)9(3)16-10/h5,8,13H,4,6-7H2,1-3H3,(H,14,15). The minimum atomic E-state index is -0.936. The van der Waals surface area contributed by atoms with Crippen molar-refractivity contribution in [3.8, 4) is 0 Å². The normalized spacial score (nSPS) is 12.7. The van der Waals surface area contributed by atoms with Gasteiger partial charge in [0.15, 0.2) is 0 Å². The van der Waals surface area contributed by atoms with Crippen molar-refractivity contribution in [2.75, 3.05) is 6.54 Å². The van der Waals surface area contributed by atoms with Gasteiger partial charge in [-0.2, -0.15) is 0 Å². The van der Waals surface area contributed by atoms with Crippen LogP contribution in [0.2, 0.25) is 0 Å². The Labute approximate surface area is 95.7 Å². The van der Waals surface area contributed by atoms with Crippen LogP contribution in [0.4, 0.5) is 0 Å². The number of aromatic carboxylic acids is 1. The quantitative estimate of drug-likeness (QED) is 0.780. The fourth-order valence-corrected chi connectivity index (χ4v) is 1.43. The first kappa shape index (κ1) is 12.8. The Hall–Kier alpha value is -1.29. The Bertz CT molecular complexity index is 357. The molecule has 0 amide bonds. The van der Waals surface area contributed by atoms with E-state index >= 15 is 0 Å². The molecule has 4 nitrogen and oxygen atoms in total. The number of rotatable bonds is 6. The summed E-state index contributed by atoms with van der Waals surface area (Å²) in [5.74, 6) is 0.829. The number of furan rings is 1. The summed E-state index contributed by atoms with van der Waals surface area (Å²) >= 11 is 0. The zero-order valence-corrected chi connectivity index (χ0v) is 10.0. The first-order valence-corrected chi connectivity index (χ1v) is 5.57. The zero-order chi connectivity index (χ0) is 12.1. The van der Waals surface area contributed by atoms with E-state index in [2.05, 4.69) is 19.2 Å². The molecule has 0 saturated carbocycles. The van der Waals surface area contributed by atoms with Crippen LogP contribution in [0.15, 0.2) is 10.5 Å². The Kier molecular flexibility index (Phi) is 4.55. The van der Waals surface area contributed by atoms with Crippen LogP contribution >= 0.6 is 0 Å². The molecule has 0 aliphatic heterocycles. The molecule has 1 unspecified atom stereocenters. The third-order valence-corrected chi connectivity index (χ3v) is 2.69. The summed E-state index contributed by atoms with van der Waals surface area (Å²) in [5.41, 5.74) is 0.250. The highest BCUT2D eigenvalue weighted by atomic mass is 16.4. The lowest BCUT2D eigenvalue weighted by molar-refractivity contribution is 0.0695. The van der Waals surface area contributed by atoms with E-state index in [0.29, 0.717) is 24.0 Å². The minimum Gasteiger partial charge on any atom is -0.478 e. The molecular weight excluding hydrogens is 206 g/mol. The van der Waals surface area contributed by atoms with Gasteiger partial charge in [0.25, 0.3) is 0 Å². The molecule has 0 saturated heterocycles. The molecule has 1 atom stereocenters. The SMILES string of the molecule is CCC(C)CNCc1cc(C(=O)O)c(C)o1. The smallest absolute Gasteiger partial charge is 0.339 e. The number of aryl methyl sites for hydroxylation is 1. The van der Waals surface area contributed by atoms with Crippen molar-refractivity contribution < 1.29 is 14.3 Å². The lowest BCUT2D eigenvalue weighted by Crippen LogP contribution is -2.19. The van der Waals surface area contributed by atoms with Crippen molar-refractivity contribution in [2.45, 2.75) is 33.7 Å². The third kappa shape index (κ3) is 3.38. The number of nitrogens with one attached hydrogen (secondary N) is 1. The van der Waals surface area contributed by atoms with Gasteiger partial charge in [-0.1, -0.05) is 20.3 Å². The van der Waals surface area contributed by atoms with E-state index < -0.39 is 5.97 Å². The topological polar surface area (TPSA) is 62.5 Å². The van der Waals surface area contributed by atoms with E-state index in [4.69, 9.17) is 9.52 Å². The van der Waals surface area contributed by atoms with Gasteiger partial charge in [-0.3, -0.25) is 0 Å². The van der Waals surface area contributed by atoms with Gasteiger partial charge in [0.1, 0.15) is 17.1 Å². The third-order valence-electron chi connectivity index (χ3n) is 2.69. The minimum absolute atomic E-state index is 0.250. The van der Waals surface area contributed by atoms with E-state index in [-0.39, 0.29) is 5.56 Å². The highest BCUT2D eigenvalue weighted by Crippen LogP contribution is 2.14. The molecule has 0 fully saturated rings. The Morgan fingerprint density at radius 1 is 1.62 bits per heavy atom. The summed E-state index contributed by atoms with van der Waals surface area (Å²) in [6.07, 6.45) is 1.13. The van der Waals surface area contributed by atoms with Gasteiger partial charge in [-0.25, -0.2) is 4.79 Å². The van der Waals surface area contributed by atoms with Crippen LogP contribution in [0.1, 0.15) is 42.1 Å². The molecular formula is C12H19NO3. The Morgan fingerprint density at radius 2 is 2.31 bits per heavy atom. The van der Waals surface area contributed by atoms with Gasteiger partial charge in [0.05, 0.1) is 6.54 Å². The van der Waals surface area contributed by atoms with E-state index in [1.54, 1.807) is 13.0 Å². The van der Waals surface area contributed by atoms with E-state index in [1.165, 1.54) is 0 Å². The second-order valence-electron chi connectivity index (χ2n) is 4.13. The fraction of sp³-hybridized carbons (Fsp3) is 0.583. The zero-order valence-electron chi connectivity index (χ0n) is 10.0. The average molecular weight is 225 g/mol. The van der Waals surface area contributed by atoms with E-state index in [0.717, 1.165) is 13.0 Å². The molecule has 4 heteroatoms. The summed E-state index contributed by atoms with van der Waals surface area (Å²) in [7, 11) is 0. The second kappa shape index (κ2) is 5.70. The second-order valence-corrected chi connectivity index (χ2v) is 4.13. The maximum Gasteiger partial charge on any atom is 0.339 e. The van der Waals surface area contributed by atoms with Crippen molar-refractivity contribution in [2.24, 2.45) is 5.92 Å². The van der Waals surface area contributed by atoms with Crippen LogP contribution in [0.5, 0.6) is 0 Å². The average Bonchev–Trinajstić information content (AvgIpc) is 2.59. The molecule has 1 aromatic rings. The van der Waals surface area contributed by atoms with Crippen LogP contribution < -0.4 is 5.32 Å². The van der Waals surface area contributed by atoms with E-state index in [1.807, 2.05) is 0 Å². The summed E-state index contributed by atoms with van der Waals surface area (Å²) in [4.78, 5) is 10.8. The van der Waals surface area contributed by atoms with Gasteiger partial charge < -0.3 is 14.8 Å². The van der Waals surface area contributed by atoms with E-state index in [9.17, 15) is 4.79 Å². The molecule has 1 rings (SSSR count). The molecule has 1 aromatic heterocycles.